The Morgan fingerprint density at radius 2 is 1.50 bits per heavy atom. The Kier molecular flexibility index (Phi) is 5.00. The van der Waals surface area contributed by atoms with E-state index in [-0.39, 0.29) is 5.97 Å². The van der Waals surface area contributed by atoms with E-state index < -0.39 is 6.10 Å². The second-order valence-electron chi connectivity index (χ2n) is 4.31. The van der Waals surface area contributed by atoms with Crippen LogP contribution >= 0.6 is 22.6 Å². The van der Waals surface area contributed by atoms with Gasteiger partial charge in [-0.2, -0.15) is 0 Å². The average molecular weight is 382 g/mol. The van der Waals surface area contributed by atoms with E-state index in [9.17, 15) is 4.79 Å². The molecule has 104 valence electrons. The fourth-order valence-corrected chi connectivity index (χ4v) is 2.15. The van der Waals surface area contributed by atoms with Gasteiger partial charge in [0.05, 0.1) is 7.11 Å². The van der Waals surface area contributed by atoms with Crippen LogP contribution in [0.4, 0.5) is 0 Å². The van der Waals surface area contributed by atoms with Crippen molar-refractivity contribution in [3.05, 3.63) is 52.1 Å². The molecule has 0 saturated heterocycles. The van der Waals surface area contributed by atoms with Crippen molar-refractivity contribution >= 4 is 28.6 Å². The summed E-state index contributed by atoms with van der Waals surface area (Å²) in [5.74, 6) is 0.267. The normalized spacial score (nSPS) is 11.8. The summed E-state index contributed by atoms with van der Waals surface area (Å²) in [6.45, 7) is 1.67. The number of hydrogen-bond acceptors (Lipinski definition) is 3. The van der Waals surface area contributed by atoms with Crippen LogP contribution in [-0.2, 0) is 9.53 Å². The molecule has 3 nitrogen and oxygen atoms in total. The lowest BCUT2D eigenvalue weighted by Gasteiger charge is -2.12. The fraction of sp³-hybridized carbons (Fsp3) is 0.188. The molecule has 0 spiro atoms. The molecular weight excluding hydrogens is 367 g/mol. The maximum atomic E-state index is 11.3. The standard InChI is InChI=1S/C16H15IO3/c1-11(16(18)19-2)20-15-9-5-13(6-10-15)12-3-7-14(17)8-4-12/h3-11H,1-2H3. The van der Waals surface area contributed by atoms with Crippen LogP contribution < -0.4 is 4.74 Å². The van der Waals surface area contributed by atoms with E-state index in [2.05, 4.69) is 51.6 Å². The summed E-state index contributed by atoms with van der Waals surface area (Å²) in [4.78, 5) is 11.3. The molecule has 0 radical (unpaired) electrons. The van der Waals surface area contributed by atoms with Crippen molar-refractivity contribution in [1.82, 2.24) is 0 Å². The highest BCUT2D eigenvalue weighted by Crippen LogP contribution is 2.23. The van der Waals surface area contributed by atoms with E-state index in [0.717, 1.165) is 11.1 Å². The molecule has 0 aliphatic rings. The number of carbonyl (C=O) groups is 1. The monoisotopic (exact) mass is 382 g/mol. The highest BCUT2D eigenvalue weighted by molar-refractivity contribution is 14.1. The van der Waals surface area contributed by atoms with Crippen molar-refractivity contribution in [2.24, 2.45) is 0 Å². The lowest BCUT2D eigenvalue weighted by Crippen LogP contribution is -2.24. The molecule has 0 heterocycles. The number of hydrogen-bond donors (Lipinski definition) is 0. The van der Waals surface area contributed by atoms with E-state index in [0.29, 0.717) is 5.75 Å². The van der Waals surface area contributed by atoms with Gasteiger partial charge < -0.3 is 9.47 Å². The van der Waals surface area contributed by atoms with Crippen LogP contribution in [0.15, 0.2) is 48.5 Å². The first-order valence-corrected chi connectivity index (χ1v) is 7.28. The zero-order chi connectivity index (χ0) is 14.5. The lowest BCUT2D eigenvalue weighted by atomic mass is 10.1. The third-order valence-corrected chi connectivity index (χ3v) is 3.60. The van der Waals surface area contributed by atoms with Gasteiger partial charge >= 0.3 is 5.97 Å². The first-order valence-electron chi connectivity index (χ1n) is 6.20. The van der Waals surface area contributed by atoms with Crippen molar-refractivity contribution in [3.63, 3.8) is 0 Å². The predicted molar refractivity (Wildman–Crippen MR) is 86.7 cm³/mol. The Balaban J connectivity index is 2.10. The van der Waals surface area contributed by atoms with E-state index in [1.807, 2.05) is 24.3 Å². The summed E-state index contributed by atoms with van der Waals surface area (Å²) in [7, 11) is 1.35. The summed E-state index contributed by atoms with van der Waals surface area (Å²) >= 11 is 2.28. The average Bonchev–Trinajstić information content (AvgIpc) is 2.48. The Morgan fingerprint density at radius 3 is 2.00 bits per heavy atom. The molecule has 20 heavy (non-hydrogen) atoms. The molecule has 1 atom stereocenters. The Hall–Kier alpha value is -1.56. The third kappa shape index (κ3) is 3.72. The van der Waals surface area contributed by atoms with Crippen LogP contribution in [0, 0.1) is 3.57 Å². The van der Waals surface area contributed by atoms with Crippen molar-refractivity contribution in [3.8, 4) is 16.9 Å². The Bertz CT molecular complexity index is 576. The van der Waals surface area contributed by atoms with E-state index in [1.54, 1.807) is 6.92 Å². The zero-order valence-electron chi connectivity index (χ0n) is 11.3. The van der Waals surface area contributed by atoms with Crippen molar-refractivity contribution in [2.75, 3.05) is 7.11 Å². The first kappa shape index (κ1) is 14.8. The van der Waals surface area contributed by atoms with Crippen LogP contribution in [-0.4, -0.2) is 19.2 Å². The Morgan fingerprint density at radius 1 is 1.00 bits per heavy atom. The molecule has 1 unspecified atom stereocenters. The van der Waals surface area contributed by atoms with Crippen LogP contribution in [0.1, 0.15) is 6.92 Å². The van der Waals surface area contributed by atoms with E-state index in [1.165, 1.54) is 10.7 Å². The minimum Gasteiger partial charge on any atom is -0.479 e. The van der Waals surface area contributed by atoms with Crippen LogP contribution in [0.25, 0.3) is 11.1 Å². The molecule has 0 saturated carbocycles. The van der Waals surface area contributed by atoms with Gasteiger partial charge in [-0.1, -0.05) is 24.3 Å². The molecule has 0 aromatic heterocycles. The molecule has 0 aliphatic heterocycles. The third-order valence-electron chi connectivity index (χ3n) is 2.88. The number of rotatable bonds is 4. The number of benzene rings is 2. The highest BCUT2D eigenvalue weighted by atomic mass is 127. The molecule has 2 aromatic carbocycles. The minimum atomic E-state index is -0.607. The summed E-state index contributed by atoms with van der Waals surface area (Å²) < 4.78 is 11.3. The molecule has 0 amide bonds. The highest BCUT2D eigenvalue weighted by Gasteiger charge is 2.14. The van der Waals surface area contributed by atoms with Gasteiger partial charge in [0, 0.05) is 3.57 Å². The zero-order valence-corrected chi connectivity index (χ0v) is 13.5. The van der Waals surface area contributed by atoms with Gasteiger partial charge in [-0.25, -0.2) is 4.79 Å². The molecule has 0 fully saturated rings. The van der Waals surface area contributed by atoms with Crippen molar-refractivity contribution in [1.29, 1.82) is 0 Å². The topological polar surface area (TPSA) is 35.5 Å². The predicted octanol–water partition coefficient (Wildman–Crippen LogP) is 3.90. The largest absolute Gasteiger partial charge is 0.479 e. The van der Waals surface area contributed by atoms with Crippen molar-refractivity contribution in [2.45, 2.75) is 13.0 Å². The van der Waals surface area contributed by atoms with E-state index in [4.69, 9.17) is 4.74 Å². The molecule has 2 aromatic rings. The maximum absolute atomic E-state index is 11.3. The maximum Gasteiger partial charge on any atom is 0.346 e. The number of halogens is 1. The molecular formula is C16H15IO3. The summed E-state index contributed by atoms with van der Waals surface area (Å²) in [6, 6.07) is 15.9. The second kappa shape index (κ2) is 6.74. The first-order chi connectivity index (χ1) is 9.60. The van der Waals surface area contributed by atoms with Gasteiger partial charge in [-0.3, -0.25) is 0 Å². The summed E-state index contributed by atoms with van der Waals surface area (Å²) in [5.41, 5.74) is 2.26. The number of ether oxygens (including phenoxy) is 2. The Labute approximate surface area is 132 Å². The number of esters is 1. The number of methoxy groups -OCH3 is 1. The second-order valence-corrected chi connectivity index (χ2v) is 5.56. The quantitative estimate of drug-likeness (QED) is 0.595. The minimum absolute atomic E-state index is 0.383. The van der Waals surface area contributed by atoms with Gasteiger partial charge in [-0.15, -0.1) is 0 Å². The molecule has 2 rings (SSSR count). The van der Waals surface area contributed by atoms with Gasteiger partial charge in [-0.05, 0) is 64.9 Å². The van der Waals surface area contributed by atoms with Crippen LogP contribution in [0.5, 0.6) is 5.75 Å². The smallest absolute Gasteiger partial charge is 0.346 e. The summed E-state index contributed by atoms with van der Waals surface area (Å²) in [6.07, 6.45) is -0.607. The van der Waals surface area contributed by atoms with E-state index >= 15 is 0 Å². The van der Waals surface area contributed by atoms with Gasteiger partial charge in [0.25, 0.3) is 0 Å². The van der Waals surface area contributed by atoms with Gasteiger partial charge in [0.1, 0.15) is 5.75 Å². The van der Waals surface area contributed by atoms with Crippen LogP contribution in [0.3, 0.4) is 0 Å². The summed E-state index contributed by atoms with van der Waals surface area (Å²) in [5, 5.41) is 0. The van der Waals surface area contributed by atoms with Crippen LogP contribution in [0.2, 0.25) is 0 Å². The number of carbonyl (C=O) groups excluding carboxylic acids is 1. The molecule has 4 heteroatoms. The van der Waals surface area contributed by atoms with Gasteiger partial charge in [0.2, 0.25) is 0 Å². The molecule has 0 aliphatic carbocycles. The van der Waals surface area contributed by atoms with Crippen molar-refractivity contribution < 1.29 is 14.3 Å². The lowest BCUT2D eigenvalue weighted by molar-refractivity contribution is -0.147. The fourth-order valence-electron chi connectivity index (χ4n) is 1.79. The molecule has 0 bridgehead atoms. The SMILES string of the molecule is COC(=O)C(C)Oc1ccc(-c2ccc(I)cc2)cc1. The molecule has 0 N–H and O–H groups in total. The van der Waals surface area contributed by atoms with Gasteiger partial charge in [0.15, 0.2) is 6.10 Å².